The number of ketones is 1. The van der Waals surface area contributed by atoms with Crippen molar-refractivity contribution in [2.45, 2.75) is 19.3 Å². The zero-order valence-corrected chi connectivity index (χ0v) is 10.2. The van der Waals surface area contributed by atoms with Crippen LogP contribution in [0.4, 0.5) is 0 Å². The summed E-state index contributed by atoms with van der Waals surface area (Å²) in [6, 6.07) is 5.38. The number of carbonyl (C=O) groups is 1. The Kier molecular flexibility index (Phi) is 3.47. The molecule has 1 aromatic carbocycles. The molecule has 0 atom stereocenters. The van der Waals surface area contributed by atoms with E-state index < -0.39 is 0 Å². The maximum atomic E-state index is 12.4. The Morgan fingerprint density at radius 2 is 1.82 bits per heavy atom. The van der Waals surface area contributed by atoms with E-state index in [9.17, 15) is 4.79 Å². The molecule has 1 aromatic rings. The summed E-state index contributed by atoms with van der Waals surface area (Å²) in [6.45, 7) is 0. The second-order valence-corrected chi connectivity index (χ2v) is 3.99. The van der Waals surface area contributed by atoms with E-state index in [2.05, 4.69) is 0 Å². The molecule has 1 aliphatic rings. The van der Waals surface area contributed by atoms with Crippen LogP contribution in [-0.2, 0) is 0 Å². The Labute approximate surface area is 101 Å². The van der Waals surface area contributed by atoms with Crippen molar-refractivity contribution in [1.82, 2.24) is 0 Å². The molecular formula is C14H16O3. The third kappa shape index (κ3) is 2.18. The lowest BCUT2D eigenvalue weighted by molar-refractivity contribution is 0.102. The van der Waals surface area contributed by atoms with E-state index in [0.29, 0.717) is 17.1 Å². The van der Waals surface area contributed by atoms with Crippen LogP contribution in [0.15, 0.2) is 29.8 Å². The fourth-order valence-corrected chi connectivity index (χ4v) is 2.11. The topological polar surface area (TPSA) is 35.5 Å². The first-order valence-corrected chi connectivity index (χ1v) is 5.72. The quantitative estimate of drug-likeness (QED) is 0.748. The molecule has 0 radical (unpaired) electrons. The van der Waals surface area contributed by atoms with Gasteiger partial charge in [0.15, 0.2) is 5.78 Å². The summed E-state index contributed by atoms with van der Waals surface area (Å²) in [7, 11) is 3.13. The molecule has 0 amide bonds. The fraction of sp³-hybridized carbons (Fsp3) is 0.357. The number of carbonyl (C=O) groups excluding carboxylic acids is 1. The van der Waals surface area contributed by atoms with Gasteiger partial charge >= 0.3 is 0 Å². The zero-order valence-electron chi connectivity index (χ0n) is 10.2. The van der Waals surface area contributed by atoms with E-state index in [1.807, 2.05) is 12.1 Å². The summed E-state index contributed by atoms with van der Waals surface area (Å²) in [4.78, 5) is 12.4. The molecule has 0 heterocycles. The van der Waals surface area contributed by atoms with Crippen molar-refractivity contribution < 1.29 is 14.3 Å². The Bertz CT molecular complexity index is 438. The number of ether oxygens (including phenoxy) is 2. The van der Waals surface area contributed by atoms with Crippen LogP contribution in [0.25, 0.3) is 0 Å². The van der Waals surface area contributed by atoms with E-state index >= 15 is 0 Å². The fourth-order valence-electron chi connectivity index (χ4n) is 2.11. The Morgan fingerprint density at radius 1 is 1.18 bits per heavy atom. The van der Waals surface area contributed by atoms with Gasteiger partial charge in [-0.1, -0.05) is 12.1 Å². The van der Waals surface area contributed by atoms with Crippen molar-refractivity contribution in [3.63, 3.8) is 0 Å². The molecule has 0 N–H and O–H groups in total. The van der Waals surface area contributed by atoms with Gasteiger partial charge in [0.1, 0.15) is 17.1 Å². The first-order chi connectivity index (χ1) is 8.27. The first kappa shape index (κ1) is 11.7. The van der Waals surface area contributed by atoms with Crippen molar-refractivity contribution in [3.8, 4) is 11.5 Å². The largest absolute Gasteiger partial charge is 0.496 e. The number of hydrogen-bond acceptors (Lipinski definition) is 3. The van der Waals surface area contributed by atoms with Crippen molar-refractivity contribution in [3.05, 3.63) is 35.4 Å². The summed E-state index contributed by atoms with van der Waals surface area (Å²) < 4.78 is 10.5. The van der Waals surface area contributed by atoms with Crippen LogP contribution in [0, 0.1) is 0 Å². The number of benzene rings is 1. The van der Waals surface area contributed by atoms with Crippen molar-refractivity contribution in [1.29, 1.82) is 0 Å². The number of allylic oxidation sites excluding steroid dienone is 2. The molecule has 3 heteroatoms. The maximum absolute atomic E-state index is 12.4. The molecule has 0 fully saturated rings. The van der Waals surface area contributed by atoms with Gasteiger partial charge in [-0.15, -0.1) is 0 Å². The summed E-state index contributed by atoms with van der Waals surface area (Å²) in [6.07, 6.45) is 4.89. The lowest BCUT2D eigenvalue weighted by Crippen LogP contribution is -2.06. The maximum Gasteiger partial charge on any atom is 0.196 e. The lowest BCUT2D eigenvalue weighted by Gasteiger charge is -2.12. The molecule has 0 bridgehead atoms. The predicted molar refractivity (Wildman–Crippen MR) is 65.8 cm³/mol. The van der Waals surface area contributed by atoms with E-state index in [1.165, 1.54) is 0 Å². The molecule has 2 rings (SSSR count). The Morgan fingerprint density at radius 3 is 2.29 bits per heavy atom. The zero-order chi connectivity index (χ0) is 12.3. The van der Waals surface area contributed by atoms with Gasteiger partial charge in [0.25, 0.3) is 0 Å². The van der Waals surface area contributed by atoms with Crippen molar-refractivity contribution in [2.75, 3.05) is 14.2 Å². The molecule has 90 valence electrons. The van der Waals surface area contributed by atoms with E-state index in [-0.39, 0.29) is 5.78 Å². The molecule has 0 aliphatic heterocycles. The minimum atomic E-state index is 0.0248. The van der Waals surface area contributed by atoms with Gasteiger partial charge in [-0.2, -0.15) is 0 Å². The number of rotatable bonds is 4. The summed E-state index contributed by atoms with van der Waals surface area (Å²) >= 11 is 0. The molecule has 3 nitrogen and oxygen atoms in total. The van der Waals surface area contributed by atoms with Crippen molar-refractivity contribution in [2.24, 2.45) is 0 Å². The van der Waals surface area contributed by atoms with Gasteiger partial charge in [0, 0.05) is 0 Å². The molecule has 1 aliphatic carbocycles. The molecule has 17 heavy (non-hydrogen) atoms. The standard InChI is InChI=1S/C14H16O3/c1-16-11-8-5-9-12(17-2)13(11)14(15)10-6-3-4-7-10/h5-6,8-9H,3-4,7H2,1-2H3. The van der Waals surface area contributed by atoms with E-state index in [0.717, 1.165) is 24.8 Å². The number of Topliss-reactive ketones (excluding diaryl/α,β-unsaturated/α-hetero) is 1. The van der Waals surface area contributed by atoms with Crippen molar-refractivity contribution >= 4 is 5.78 Å². The molecule has 0 aromatic heterocycles. The van der Waals surface area contributed by atoms with E-state index in [4.69, 9.17) is 9.47 Å². The third-order valence-electron chi connectivity index (χ3n) is 2.99. The lowest BCUT2D eigenvalue weighted by atomic mass is 10.0. The highest BCUT2D eigenvalue weighted by Crippen LogP contribution is 2.33. The van der Waals surface area contributed by atoms with Gasteiger partial charge in [0.05, 0.1) is 14.2 Å². The average Bonchev–Trinajstić information content (AvgIpc) is 2.90. The number of hydrogen-bond donors (Lipinski definition) is 0. The van der Waals surface area contributed by atoms with Crippen LogP contribution in [0.1, 0.15) is 29.6 Å². The highest BCUT2D eigenvalue weighted by molar-refractivity contribution is 6.12. The molecule has 0 spiro atoms. The second kappa shape index (κ2) is 5.04. The van der Waals surface area contributed by atoms with Gasteiger partial charge in [-0.25, -0.2) is 0 Å². The molecule has 0 saturated heterocycles. The minimum absolute atomic E-state index is 0.0248. The number of methoxy groups -OCH3 is 2. The van der Waals surface area contributed by atoms with Crippen LogP contribution in [0.5, 0.6) is 11.5 Å². The average molecular weight is 232 g/mol. The van der Waals surface area contributed by atoms with Crippen LogP contribution in [0.3, 0.4) is 0 Å². The monoisotopic (exact) mass is 232 g/mol. The van der Waals surface area contributed by atoms with Gasteiger partial charge in [-0.3, -0.25) is 4.79 Å². The Hall–Kier alpha value is -1.77. The molecule has 0 unspecified atom stereocenters. The summed E-state index contributed by atoms with van der Waals surface area (Å²) in [5, 5.41) is 0. The summed E-state index contributed by atoms with van der Waals surface area (Å²) in [5.41, 5.74) is 1.40. The summed E-state index contributed by atoms with van der Waals surface area (Å²) in [5.74, 6) is 1.17. The van der Waals surface area contributed by atoms with E-state index in [1.54, 1.807) is 26.4 Å². The predicted octanol–water partition coefficient (Wildman–Crippen LogP) is 3.00. The third-order valence-corrected chi connectivity index (χ3v) is 2.99. The van der Waals surface area contributed by atoms with Crippen LogP contribution in [0.2, 0.25) is 0 Å². The smallest absolute Gasteiger partial charge is 0.196 e. The van der Waals surface area contributed by atoms with Gasteiger partial charge < -0.3 is 9.47 Å². The molecule has 0 saturated carbocycles. The second-order valence-electron chi connectivity index (χ2n) is 3.99. The highest BCUT2D eigenvalue weighted by atomic mass is 16.5. The normalized spacial score (nSPS) is 14.4. The van der Waals surface area contributed by atoms with Crippen LogP contribution >= 0.6 is 0 Å². The Balaban J connectivity index is 2.45. The van der Waals surface area contributed by atoms with Crippen LogP contribution in [-0.4, -0.2) is 20.0 Å². The SMILES string of the molecule is COc1cccc(OC)c1C(=O)C1=CCCC1. The minimum Gasteiger partial charge on any atom is -0.496 e. The first-order valence-electron chi connectivity index (χ1n) is 5.72. The van der Waals surface area contributed by atoms with Gasteiger partial charge in [0.2, 0.25) is 0 Å². The highest BCUT2D eigenvalue weighted by Gasteiger charge is 2.22. The molecular weight excluding hydrogens is 216 g/mol. The van der Waals surface area contributed by atoms with Gasteiger partial charge in [-0.05, 0) is 37.0 Å². The van der Waals surface area contributed by atoms with Crippen LogP contribution < -0.4 is 9.47 Å².